The van der Waals surface area contributed by atoms with Crippen molar-refractivity contribution in [2.45, 2.75) is 0 Å². The molecule has 5 aromatic rings. The van der Waals surface area contributed by atoms with Gasteiger partial charge in [0.2, 0.25) is 0 Å². The maximum atomic E-state index is 4.42. The molecule has 0 bridgehead atoms. The molecule has 0 saturated heterocycles. The van der Waals surface area contributed by atoms with Gasteiger partial charge in [-0.3, -0.25) is 5.43 Å². The second-order valence-electron chi connectivity index (χ2n) is 6.08. The summed E-state index contributed by atoms with van der Waals surface area (Å²) in [6, 6.07) is 18.4. The molecular weight excluding hydrogens is 354 g/mol. The molecule has 0 unspecified atom stereocenters. The van der Waals surface area contributed by atoms with Crippen molar-refractivity contribution in [2.24, 2.45) is 5.10 Å². The number of aromatic amines is 1. The molecule has 2 N–H and O–H groups in total. The first-order valence-corrected chi connectivity index (χ1v) is 9.41. The number of para-hydroxylation sites is 1. The number of thiophene rings is 1. The summed E-state index contributed by atoms with van der Waals surface area (Å²) < 4.78 is 0. The first-order valence-electron chi connectivity index (χ1n) is 8.53. The number of nitrogens with one attached hydrogen (secondary N) is 2. The standard InChI is InChI=1S/C21H15N5S/c1-2-6-14(7-3-1)17-12-27-21-19(17)20(23-13-24-21)26-25-11-15-10-22-18-9-5-4-8-16(15)18/h1-13,22H,(H,23,24,26). The van der Waals surface area contributed by atoms with Crippen LogP contribution >= 0.6 is 11.3 Å². The number of anilines is 1. The minimum atomic E-state index is 0.705. The van der Waals surface area contributed by atoms with Gasteiger partial charge in [0.1, 0.15) is 11.2 Å². The SMILES string of the molecule is C(=NNc1ncnc2scc(-c3ccccc3)c12)c1c[nH]c2ccccc12. The van der Waals surface area contributed by atoms with Gasteiger partial charge >= 0.3 is 0 Å². The zero-order chi connectivity index (χ0) is 18.1. The van der Waals surface area contributed by atoms with Gasteiger partial charge in [0.05, 0.1) is 11.6 Å². The van der Waals surface area contributed by atoms with Crippen LogP contribution in [0.3, 0.4) is 0 Å². The van der Waals surface area contributed by atoms with E-state index in [1.807, 2.05) is 42.6 Å². The molecule has 130 valence electrons. The quantitative estimate of drug-likeness (QED) is 0.334. The van der Waals surface area contributed by atoms with Crippen LogP contribution in [0, 0.1) is 0 Å². The molecule has 3 heterocycles. The smallest absolute Gasteiger partial charge is 0.159 e. The molecular formula is C21H15N5S. The molecule has 5 rings (SSSR count). The molecule has 27 heavy (non-hydrogen) atoms. The average molecular weight is 369 g/mol. The highest BCUT2D eigenvalue weighted by atomic mass is 32.1. The number of nitrogens with zero attached hydrogens (tertiary/aromatic N) is 3. The van der Waals surface area contributed by atoms with Gasteiger partial charge in [0.25, 0.3) is 0 Å². The van der Waals surface area contributed by atoms with Gasteiger partial charge < -0.3 is 4.98 Å². The topological polar surface area (TPSA) is 66.0 Å². The highest BCUT2D eigenvalue weighted by Gasteiger charge is 2.12. The predicted molar refractivity (Wildman–Crippen MR) is 112 cm³/mol. The number of fused-ring (bicyclic) bond motifs is 2. The largest absolute Gasteiger partial charge is 0.361 e. The van der Waals surface area contributed by atoms with Crippen LogP contribution in [0.4, 0.5) is 5.82 Å². The van der Waals surface area contributed by atoms with E-state index in [-0.39, 0.29) is 0 Å². The van der Waals surface area contributed by atoms with E-state index in [0.717, 1.165) is 37.8 Å². The van der Waals surface area contributed by atoms with Gasteiger partial charge in [-0.25, -0.2) is 9.97 Å². The van der Waals surface area contributed by atoms with Crippen molar-refractivity contribution in [1.82, 2.24) is 15.0 Å². The molecule has 2 aromatic carbocycles. The summed E-state index contributed by atoms with van der Waals surface area (Å²) in [6.07, 6.45) is 5.32. The Morgan fingerprint density at radius 1 is 1.00 bits per heavy atom. The molecule has 0 aliphatic carbocycles. The summed E-state index contributed by atoms with van der Waals surface area (Å²) in [4.78, 5) is 13.0. The Hall–Kier alpha value is -3.51. The van der Waals surface area contributed by atoms with Crippen molar-refractivity contribution in [3.8, 4) is 11.1 Å². The summed E-state index contributed by atoms with van der Waals surface area (Å²) >= 11 is 1.61. The van der Waals surface area contributed by atoms with Crippen molar-refractivity contribution in [3.05, 3.63) is 78.1 Å². The molecule has 5 nitrogen and oxygen atoms in total. The lowest BCUT2D eigenvalue weighted by atomic mass is 10.1. The van der Waals surface area contributed by atoms with Crippen LogP contribution in [0.5, 0.6) is 0 Å². The molecule has 0 radical (unpaired) electrons. The molecule has 0 aliphatic heterocycles. The summed E-state index contributed by atoms with van der Waals surface area (Å²) in [6.45, 7) is 0. The number of aromatic nitrogens is 3. The van der Waals surface area contributed by atoms with E-state index in [9.17, 15) is 0 Å². The van der Waals surface area contributed by atoms with Crippen LogP contribution in [0.25, 0.3) is 32.2 Å². The van der Waals surface area contributed by atoms with E-state index in [1.165, 1.54) is 0 Å². The van der Waals surface area contributed by atoms with E-state index < -0.39 is 0 Å². The fourth-order valence-electron chi connectivity index (χ4n) is 3.15. The van der Waals surface area contributed by atoms with E-state index in [0.29, 0.717) is 5.82 Å². The third-order valence-electron chi connectivity index (χ3n) is 4.45. The van der Waals surface area contributed by atoms with E-state index in [1.54, 1.807) is 23.9 Å². The number of hydrogen-bond donors (Lipinski definition) is 2. The fourth-order valence-corrected chi connectivity index (χ4v) is 4.07. The summed E-state index contributed by atoms with van der Waals surface area (Å²) in [7, 11) is 0. The van der Waals surface area contributed by atoms with Gasteiger partial charge in [0, 0.05) is 33.6 Å². The molecule has 0 fully saturated rings. The van der Waals surface area contributed by atoms with Crippen LogP contribution in [-0.4, -0.2) is 21.2 Å². The maximum Gasteiger partial charge on any atom is 0.159 e. The van der Waals surface area contributed by atoms with Gasteiger partial charge in [0.15, 0.2) is 5.82 Å². The molecule has 6 heteroatoms. The number of H-pyrrole nitrogens is 1. The van der Waals surface area contributed by atoms with Crippen molar-refractivity contribution in [3.63, 3.8) is 0 Å². The van der Waals surface area contributed by atoms with Crippen molar-refractivity contribution in [1.29, 1.82) is 0 Å². The van der Waals surface area contributed by atoms with Crippen LogP contribution in [-0.2, 0) is 0 Å². The first kappa shape index (κ1) is 15.7. The minimum Gasteiger partial charge on any atom is -0.361 e. The highest BCUT2D eigenvalue weighted by molar-refractivity contribution is 7.17. The second-order valence-corrected chi connectivity index (χ2v) is 6.94. The molecule has 0 aliphatic rings. The third-order valence-corrected chi connectivity index (χ3v) is 5.34. The van der Waals surface area contributed by atoms with Crippen molar-refractivity contribution in [2.75, 3.05) is 5.43 Å². The zero-order valence-corrected chi connectivity index (χ0v) is 15.1. The fraction of sp³-hybridized carbons (Fsp3) is 0. The number of hydrazone groups is 1. The monoisotopic (exact) mass is 369 g/mol. The molecule has 0 atom stereocenters. The predicted octanol–water partition coefficient (Wildman–Crippen LogP) is 5.29. The normalized spacial score (nSPS) is 11.6. The summed E-state index contributed by atoms with van der Waals surface area (Å²) in [5.74, 6) is 0.705. The number of hydrogen-bond acceptors (Lipinski definition) is 5. The Kier molecular flexibility index (Phi) is 3.88. The van der Waals surface area contributed by atoms with Gasteiger partial charge in [-0.15, -0.1) is 11.3 Å². The maximum absolute atomic E-state index is 4.42. The van der Waals surface area contributed by atoms with Crippen LogP contribution < -0.4 is 5.43 Å². The summed E-state index contributed by atoms with van der Waals surface area (Å²) in [5.41, 5.74) is 7.47. The number of benzene rings is 2. The highest BCUT2D eigenvalue weighted by Crippen LogP contribution is 2.36. The Bertz CT molecular complexity index is 1250. The Labute approximate surface area is 159 Å². The average Bonchev–Trinajstić information content (AvgIpc) is 3.34. The Balaban J connectivity index is 1.51. The third kappa shape index (κ3) is 2.86. The lowest BCUT2D eigenvalue weighted by Crippen LogP contribution is -1.95. The zero-order valence-electron chi connectivity index (χ0n) is 14.3. The van der Waals surface area contributed by atoms with E-state index in [4.69, 9.17) is 0 Å². The minimum absolute atomic E-state index is 0.705. The van der Waals surface area contributed by atoms with Crippen molar-refractivity contribution < 1.29 is 0 Å². The molecule has 0 amide bonds. The summed E-state index contributed by atoms with van der Waals surface area (Å²) in [5, 5.41) is 8.66. The van der Waals surface area contributed by atoms with Crippen LogP contribution in [0.15, 0.2) is 77.6 Å². The second kappa shape index (κ2) is 6.66. The van der Waals surface area contributed by atoms with Crippen LogP contribution in [0.1, 0.15) is 5.56 Å². The Morgan fingerprint density at radius 3 is 2.78 bits per heavy atom. The Morgan fingerprint density at radius 2 is 1.85 bits per heavy atom. The van der Waals surface area contributed by atoms with E-state index >= 15 is 0 Å². The van der Waals surface area contributed by atoms with E-state index in [2.05, 4.69) is 49.1 Å². The first-order chi connectivity index (χ1) is 13.4. The van der Waals surface area contributed by atoms with Gasteiger partial charge in [-0.1, -0.05) is 48.5 Å². The molecule has 0 spiro atoms. The van der Waals surface area contributed by atoms with Crippen LogP contribution in [0.2, 0.25) is 0 Å². The van der Waals surface area contributed by atoms with Gasteiger partial charge in [-0.2, -0.15) is 5.10 Å². The molecule has 0 saturated carbocycles. The van der Waals surface area contributed by atoms with Gasteiger partial charge in [-0.05, 0) is 11.6 Å². The lowest BCUT2D eigenvalue weighted by Gasteiger charge is -2.04. The lowest BCUT2D eigenvalue weighted by molar-refractivity contribution is 1.19. The molecule has 3 aromatic heterocycles. The van der Waals surface area contributed by atoms with Crippen molar-refractivity contribution >= 4 is 44.5 Å². The number of rotatable bonds is 4.